The van der Waals surface area contributed by atoms with Gasteiger partial charge in [-0.15, -0.1) is 0 Å². The molecule has 1 aliphatic carbocycles. The van der Waals surface area contributed by atoms with Crippen LogP contribution in [-0.4, -0.2) is 20.1 Å². The van der Waals surface area contributed by atoms with Gasteiger partial charge in [-0.1, -0.05) is 38.0 Å². The number of nitrogens with one attached hydrogen (secondary N) is 1. The van der Waals surface area contributed by atoms with E-state index in [1.54, 1.807) is 24.3 Å². The van der Waals surface area contributed by atoms with Crippen LogP contribution in [-0.2, 0) is 16.6 Å². The van der Waals surface area contributed by atoms with Crippen molar-refractivity contribution in [2.75, 3.05) is 6.54 Å². The van der Waals surface area contributed by atoms with E-state index in [-0.39, 0.29) is 16.9 Å². The summed E-state index contributed by atoms with van der Waals surface area (Å²) in [5, 5.41) is 9.27. The molecule has 1 saturated carbocycles. The van der Waals surface area contributed by atoms with E-state index in [0.29, 0.717) is 12.1 Å². The summed E-state index contributed by atoms with van der Waals surface area (Å²) in [5.41, 5.74) is 0.554. The van der Waals surface area contributed by atoms with Crippen molar-refractivity contribution in [3.8, 4) is 0 Å². The maximum Gasteiger partial charge on any atom is 0.240 e. The molecule has 5 heteroatoms. The van der Waals surface area contributed by atoms with Crippen molar-refractivity contribution >= 4 is 10.0 Å². The van der Waals surface area contributed by atoms with Crippen LogP contribution in [0.4, 0.5) is 0 Å². The highest BCUT2D eigenvalue weighted by Gasteiger charge is 2.33. The quantitative estimate of drug-likeness (QED) is 0.847. The number of aliphatic hydroxyl groups excluding tert-OH is 1. The third-order valence-corrected chi connectivity index (χ3v) is 5.99. The minimum absolute atomic E-state index is 0.112. The second kappa shape index (κ2) is 6.24. The fourth-order valence-electron chi connectivity index (χ4n) is 3.00. The summed E-state index contributed by atoms with van der Waals surface area (Å²) in [5.74, 6) is 0. The second-order valence-corrected chi connectivity index (χ2v) is 7.39. The Balaban J connectivity index is 2.15. The summed E-state index contributed by atoms with van der Waals surface area (Å²) in [6.45, 7) is 2.35. The maximum absolute atomic E-state index is 12.4. The first-order chi connectivity index (χ1) is 9.53. The molecule has 1 aliphatic rings. The van der Waals surface area contributed by atoms with Gasteiger partial charge in [-0.25, -0.2) is 13.1 Å². The smallest absolute Gasteiger partial charge is 0.240 e. The van der Waals surface area contributed by atoms with Crippen molar-refractivity contribution in [1.82, 2.24) is 4.72 Å². The predicted octanol–water partition coefficient (Wildman–Crippen LogP) is 2.43. The molecule has 4 nitrogen and oxygen atoms in total. The Kier molecular flexibility index (Phi) is 4.83. The Labute approximate surface area is 121 Å². The molecule has 0 unspecified atom stereocenters. The Bertz CT molecular complexity index is 548. The fraction of sp³-hybridized carbons (Fsp3) is 0.600. The van der Waals surface area contributed by atoms with Gasteiger partial charge in [0.1, 0.15) is 0 Å². The van der Waals surface area contributed by atoms with Gasteiger partial charge in [-0.3, -0.25) is 0 Å². The van der Waals surface area contributed by atoms with E-state index in [0.717, 1.165) is 19.3 Å². The van der Waals surface area contributed by atoms with E-state index in [4.69, 9.17) is 0 Å². The van der Waals surface area contributed by atoms with E-state index in [9.17, 15) is 13.5 Å². The van der Waals surface area contributed by atoms with Crippen LogP contribution in [0.2, 0.25) is 0 Å². The Hall–Kier alpha value is -0.910. The molecule has 2 rings (SSSR count). The number of rotatable bonds is 6. The monoisotopic (exact) mass is 297 g/mol. The van der Waals surface area contributed by atoms with Crippen LogP contribution in [0.15, 0.2) is 29.2 Å². The van der Waals surface area contributed by atoms with Gasteiger partial charge in [0.25, 0.3) is 0 Å². The first-order valence-corrected chi connectivity index (χ1v) is 8.70. The number of aliphatic hydroxyl groups is 1. The minimum Gasteiger partial charge on any atom is -0.392 e. The first-order valence-electron chi connectivity index (χ1n) is 7.21. The van der Waals surface area contributed by atoms with Crippen molar-refractivity contribution in [3.63, 3.8) is 0 Å². The summed E-state index contributed by atoms with van der Waals surface area (Å²) >= 11 is 0. The molecule has 2 N–H and O–H groups in total. The molecule has 0 heterocycles. The average molecular weight is 297 g/mol. The summed E-state index contributed by atoms with van der Waals surface area (Å²) in [6, 6.07) is 6.59. The van der Waals surface area contributed by atoms with Crippen LogP contribution in [0.25, 0.3) is 0 Å². The largest absolute Gasteiger partial charge is 0.392 e. The SMILES string of the molecule is CCC1(CNS(=O)(=O)c2ccccc2CO)CCCC1. The molecule has 0 aliphatic heterocycles. The molecule has 1 fully saturated rings. The van der Waals surface area contributed by atoms with Crippen molar-refractivity contribution < 1.29 is 13.5 Å². The molecule has 0 spiro atoms. The maximum atomic E-state index is 12.4. The molecule has 0 amide bonds. The number of sulfonamides is 1. The van der Waals surface area contributed by atoms with Crippen LogP contribution in [0.5, 0.6) is 0 Å². The van der Waals surface area contributed by atoms with Gasteiger partial charge in [0.2, 0.25) is 10.0 Å². The van der Waals surface area contributed by atoms with Crippen molar-refractivity contribution in [2.24, 2.45) is 5.41 Å². The zero-order valence-corrected chi connectivity index (χ0v) is 12.7. The van der Waals surface area contributed by atoms with E-state index < -0.39 is 10.0 Å². The zero-order valence-electron chi connectivity index (χ0n) is 11.9. The average Bonchev–Trinajstić information content (AvgIpc) is 2.95. The van der Waals surface area contributed by atoms with Crippen LogP contribution in [0.1, 0.15) is 44.6 Å². The Morgan fingerprint density at radius 3 is 2.50 bits per heavy atom. The standard InChI is InChI=1S/C15H23NO3S/c1-2-15(9-5-6-10-15)12-16-20(18,19)14-8-4-3-7-13(14)11-17/h3-4,7-8,16-17H,2,5-6,9-12H2,1H3. The molecule has 1 aromatic rings. The van der Waals surface area contributed by atoms with Gasteiger partial charge in [-0.2, -0.15) is 0 Å². The van der Waals surface area contributed by atoms with E-state index in [1.807, 2.05) is 0 Å². The zero-order chi connectivity index (χ0) is 14.6. The molecule has 20 heavy (non-hydrogen) atoms. The fourth-order valence-corrected chi connectivity index (χ4v) is 4.39. The highest BCUT2D eigenvalue weighted by atomic mass is 32.2. The summed E-state index contributed by atoms with van der Waals surface area (Å²) in [4.78, 5) is 0.187. The number of hydrogen-bond acceptors (Lipinski definition) is 3. The van der Waals surface area contributed by atoms with Gasteiger partial charge >= 0.3 is 0 Å². The third kappa shape index (κ3) is 3.22. The van der Waals surface area contributed by atoms with Crippen molar-refractivity contribution in [1.29, 1.82) is 0 Å². The van der Waals surface area contributed by atoms with Crippen molar-refractivity contribution in [2.45, 2.75) is 50.5 Å². The lowest BCUT2D eigenvalue weighted by Crippen LogP contribution is -2.36. The van der Waals surface area contributed by atoms with Gasteiger partial charge in [0.15, 0.2) is 0 Å². The first kappa shape index (κ1) is 15.5. The minimum atomic E-state index is -3.55. The third-order valence-electron chi connectivity index (χ3n) is 4.48. The summed E-state index contributed by atoms with van der Waals surface area (Å²) in [7, 11) is -3.55. The molecular weight excluding hydrogens is 274 g/mol. The molecule has 0 radical (unpaired) electrons. The lowest BCUT2D eigenvalue weighted by molar-refractivity contribution is 0.277. The van der Waals surface area contributed by atoms with Crippen LogP contribution in [0.3, 0.4) is 0 Å². The van der Waals surface area contributed by atoms with Gasteiger partial charge in [-0.05, 0) is 36.3 Å². The van der Waals surface area contributed by atoms with E-state index >= 15 is 0 Å². The highest BCUT2D eigenvalue weighted by molar-refractivity contribution is 7.89. The molecule has 112 valence electrons. The lowest BCUT2D eigenvalue weighted by atomic mass is 9.84. The number of benzene rings is 1. The van der Waals surface area contributed by atoms with Gasteiger partial charge in [0, 0.05) is 6.54 Å². The Morgan fingerprint density at radius 1 is 1.25 bits per heavy atom. The van der Waals surface area contributed by atoms with Gasteiger partial charge in [0.05, 0.1) is 11.5 Å². The molecule has 0 atom stereocenters. The topological polar surface area (TPSA) is 66.4 Å². The van der Waals surface area contributed by atoms with Crippen LogP contribution in [0, 0.1) is 5.41 Å². The summed E-state index contributed by atoms with van der Waals surface area (Å²) in [6.07, 6.45) is 5.55. The van der Waals surface area contributed by atoms with E-state index in [1.165, 1.54) is 12.8 Å². The second-order valence-electron chi connectivity index (χ2n) is 5.65. The number of hydrogen-bond donors (Lipinski definition) is 2. The molecular formula is C15H23NO3S. The highest BCUT2D eigenvalue weighted by Crippen LogP contribution is 2.40. The van der Waals surface area contributed by atoms with E-state index in [2.05, 4.69) is 11.6 Å². The molecule has 1 aromatic carbocycles. The van der Waals surface area contributed by atoms with Crippen LogP contribution < -0.4 is 4.72 Å². The van der Waals surface area contributed by atoms with Gasteiger partial charge < -0.3 is 5.11 Å². The normalized spacial score (nSPS) is 18.3. The van der Waals surface area contributed by atoms with Crippen molar-refractivity contribution in [3.05, 3.63) is 29.8 Å². The Morgan fingerprint density at radius 2 is 1.90 bits per heavy atom. The molecule has 0 bridgehead atoms. The predicted molar refractivity (Wildman–Crippen MR) is 78.7 cm³/mol. The molecule has 0 saturated heterocycles. The molecule has 0 aromatic heterocycles. The summed E-state index contributed by atoms with van der Waals surface area (Å²) < 4.78 is 27.6. The lowest BCUT2D eigenvalue weighted by Gasteiger charge is -2.27. The van der Waals surface area contributed by atoms with Crippen LogP contribution >= 0.6 is 0 Å².